The fraction of sp³-hybridized carbons (Fsp3) is 0.583. The summed E-state index contributed by atoms with van der Waals surface area (Å²) >= 11 is 0. The molecule has 0 bridgehead atoms. The van der Waals surface area contributed by atoms with E-state index in [2.05, 4.69) is 11.7 Å². The van der Waals surface area contributed by atoms with E-state index in [0.717, 1.165) is 31.6 Å². The molecule has 0 radical (unpaired) electrons. The van der Waals surface area contributed by atoms with Crippen LogP contribution in [0.2, 0.25) is 0 Å². The molecule has 1 aliphatic rings. The maximum atomic E-state index is 5.62. The second-order valence-electron chi connectivity index (χ2n) is 3.91. The van der Waals surface area contributed by atoms with Crippen LogP contribution < -0.4 is 0 Å². The van der Waals surface area contributed by atoms with Gasteiger partial charge in [-0.05, 0) is 19.3 Å². The summed E-state index contributed by atoms with van der Waals surface area (Å²) in [6.45, 7) is 5.92. The lowest BCUT2D eigenvalue weighted by Crippen LogP contribution is -2.24. The zero-order chi connectivity index (χ0) is 11.2. The first-order valence-electron chi connectivity index (χ1n) is 5.76. The first kappa shape index (κ1) is 11.4. The molecule has 1 aromatic heterocycles. The van der Waals surface area contributed by atoms with Crippen LogP contribution in [0.25, 0.3) is 6.08 Å². The molecule has 0 amide bonds. The summed E-state index contributed by atoms with van der Waals surface area (Å²) < 4.78 is 13.0. The number of hydrogen-bond acceptors (Lipinski definition) is 3. The maximum absolute atomic E-state index is 5.62. The Morgan fingerprint density at radius 3 is 3.25 bits per heavy atom. The van der Waals surface area contributed by atoms with Gasteiger partial charge in [-0.25, -0.2) is 0 Å². The van der Waals surface area contributed by atoms with Crippen molar-refractivity contribution < 1.29 is 9.47 Å². The van der Waals surface area contributed by atoms with Gasteiger partial charge in [-0.15, -0.1) is 0 Å². The summed E-state index contributed by atoms with van der Waals surface area (Å²) in [5, 5.41) is 4.19. The molecule has 1 aliphatic heterocycles. The predicted octanol–water partition coefficient (Wildman–Crippen LogP) is 2.07. The summed E-state index contributed by atoms with van der Waals surface area (Å²) in [5.74, 6) is 0. The maximum Gasteiger partial charge on any atom is 0.157 e. The fourth-order valence-corrected chi connectivity index (χ4v) is 1.73. The molecule has 2 rings (SSSR count). The van der Waals surface area contributed by atoms with Gasteiger partial charge in [-0.2, -0.15) is 5.10 Å². The topological polar surface area (TPSA) is 36.3 Å². The second kappa shape index (κ2) is 5.82. The molecule has 2 heterocycles. The lowest BCUT2D eigenvalue weighted by atomic mass is 10.2. The number of hydrogen-bond donors (Lipinski definition) is 0. The summed E-state index contributed by atoms with van der Waals surface area (Å²) in [5.41, 5.74) is 1.04. The van der Waals surface area contributed by atoms with Gasteiger partial charge in [-0.1, -0.05) is 12.7 Å². The highest BCUT2D eigenvalue weighted by atomic mass is 16.7. The van der Waals surface area contributed by atoms with Crippen LogP contribution in [0.1, 0.15) is 24.8 Å². The van der Waals surface area contributed by atoms with E-state index in [0.29, 0.717) is 6.61 Å². The smallest absolute Gasteiger partial charge is 0.157 e. The number of nitrogens with zero attached hydrogens (tertiary/aromatic N) is 2. The molecule has 1 saturated heterocycles. The molecule has 0 spiro atoms. The van der Waals surface area contributed by atoms with Crippen LogP contribution in [0, 0.1) is 0 Å². The average molecular weight is 222 g/mol. The molecule has 0 aromatic carbocycles. The highest BCUT2D eigenvalue weighted by Crippen LogP contribution is 2.13. The number of ether oxygens (including phenoxy) is 2. The Balaban J connectivity index is 1.68. The van der Waals surface area contributed by atoms with Crippen molar-refractivity contribution in [2.75, 3.05) is 13.2 Å². The van der Waals surface area contributed by atoms with Crippen molar-refractivity contribution in [3.8, 4) is 0 Å². The monoisotopic (exact) mass is 222 g/mol. The summed E-state index contributed by atoms with van der Waals surface area (Å²) in [4.78, 5) is 0. The molecule has 0 aliphatic carbocycles. The Morgan fingerprint density at radius 1 is 1.62 bits per heavy atom. The van der Waals surface area contributed by atoms with Crippen molar-refractivity contribution in [3.05, 3.63) is 24.5 Å². The molecule has 1 atom stereocenters. The van der Waals surface area contributed by atoms with E-state index in [1.165, 1.54) is 6.42 Å². The van der Waals surface area contributed by atoms with Gasteiger partial charge in [0.2, 0.25) is 0 Å². The highest BCUT2D eigenvalue weighted by Gasteiger charge is 2.13. The Hall–Kier alpha value is -1.13. The zero-order valence-corrected chi connectivity index (χ0v) is 9.47. The SMILES string of the molecule is C=Cc1cnn(CCOC2CCCCO2)c1. The van der Waals surface area contributed by atoms with Crippen LogP contribution in [0.4, 0.5) is 0 Å². The number of aromatic nitrogens is 2. The third-order valence-corrected chi connectivity index (χ3v) is 2.65. The number of rotatable bonds is 5. The molecule has 0 N–H and O–H groups in total. The Bertz CT molecular complexity index is 330. The second-order valence-corrected chi connectivity index (χ2v) is 3.91. The lowest BCUT2D eigenvalue weighted by molar-refractivity contribution is -0.163. The van der Waals surface area contributed by atoms with Gasteiger partial charge in [0.1, 0.15) is 0 Å². The van der Waals surface area contributed by atoms with E-state index in [9.17, 15) is 0 Å². The molecule has 1 fully saturated rings. The van der Waals surface area contributed by atoms with E-state index in [-0.39, 0.29) is 6.29 Å². The Labute approximate surface area is 95.9 Å². The predicted molar refractivity (Wildman–Crippen MR) is 61.9 cm³/mol. The van der Waals surface area contributed by atoms with E-state index in [4.69, 9.17) is 9.47 Å². The van der Waals surface area contributed by atoms with Crippen LogP contribution >= 0.6 is 0 Å². The van der Waals surface area contributed by atoms with Crippen LogP contribution in [0.5, 0.6) is 0 Å². The van der Waals surface area contributed by atoms with Crippen molar-refractivity contribution in [3.63, 3.8) is 0 Å². The van der Waals surface area contributed by atoms with Crippen LogP contribution in [0.15, 0.2) is 19.0 Å². The highest BCUT2D eigenvalue weighted by molar-refractivity contribution is 5.43. The average Bonchev–Trinajstić information content (AvgIpc) is 2.78. The molecular formula is C12H18N2O2. The summed E-state index contributed by atoms with van der Waals surface area (Å²) in [6.07, 6.45) is 8.89. The molecule has 1 aromatic rings. The quantitative estimate of drug-likeness (QED) is 0.765. The zero-order valence-electron chi connectivity index (χ0n) is 9.47. The van der Waals surface area contributed by atoms with E-state index in [1.807, 2.05) is 10.9 Å². The summed E-state index contributed by atoms with van der Waals surface area (Å²) in [6, 6.07) is 0. The molecule has 4 nitrogen and oxygen atoms in total. The largest absolute Gasteiger partial charge is 0.353 e. The molecule has 4 heteroatoms. The van der Waals surface area contributed by atoms with E-state index in [1.54, 1.807) is 12.3 Å². The van der Waals surface area contributed by atoms with Crippen molar-refractivity contribution in [2.24, 2.45) is 0 Å². The molecule has 16 heavy (non-hydrogen) atoms. The minimum atomic E-state index is -0.0109. The molecular weight excluding hydrogens is 204 g/mol. The van der Waals surface area contributed by atoms with Crippen molar-refractivity contribution in [1.82, 2.24) is 9.78 Å². The first-order chi connectivity index (χ1) is 7.88. The van der Waals surface area contributed by atoms with Gasteiger partial charge in [-0.3, -0.25) is 4.68 Å². The van der Waals surface area contributed by atoms with Gasteiger partial charge < -0.3 is 9.47 Å². The fourth-order valence-electron chi connectivity index (χ4n) is 1.73. The van der Waals surface area contributed by atoms with Gasteiger partial charge in [0.25, 0.3) is 0 Å². The Morgan fingerprint density at radius 2 is 2.56 bits per heavy atom. The minimum Gasteiger partial charge on any atom is -0.353 e. The Kier molecular flexibility index (Phi) is 4.13. The van der Waals surface area contributed by atoms with E-state index >= 15 is 0 Å². The van der Waals surface area contributed by atoms with Crippen molar-refractivity contribution in [2.45, 2.75) is 32.1 Å². The standard InChI is InChI=1S/C12H18N2O2/c1-2-11-9-13-14(10-11)6-8-16-12-5-3-4-7-15-12/h2,9-10,12H,1,3-8H2. The minimum absolute atomic E-state index is 0.0109. The lowest BCUT2D eigenvalue weighted by Gasteiger charge is -2.22. The van der Waals surface area contributed by atoms with Crippen LogP contribution in [-0.4, -0.2) is 29.3 Å². The van der Waals surface area contributed by atoms with Crippen LogP contribution in [0.3, 0.4) is 0 Å². The normalized spacial score (nSPS) is 20.9. The third kappa shape index (κ3) is 3.18. The molecule has 0 saturated carbocycles. The summed E-state index contributed by atoms with van der Waals surface area (Å²) in [7, 11) is 0. The van der Waals surface area contributed by atoms with Crippen molar-refractivity contribution >= 4 is 6.08 Å². The third-order valence-electron chi connectivity index (χ3n) is 2.65. The van der Waals surface area contributed by atoms with E-state index < -0.39 is 0 Å². The van der Waals surface area contributed by atoms with Crippen LogP contribution in [-0.2, 0) is 16.0 Å². The van der Waals surface area contributed by atoms with Crippen molar-refractivity contribution in [1.29, 1.82) is 0 Å². The van der Waals surface area contributed by atoms with Gasteiger partial charge >= 0.3 is 0 Å². The molecule has 88 valence electrons. The van der Waals surface area contributed by atoms with Gasteiger partial charge in [0.05, 0.1) is 19.3 Å². The van der Waals surface area contributed by atoms with Gasteiger partial charge in [0.15, 0.2) is 6.29 Å². The molecule has 1 unspecified atom stereocenters. The first-order valence-corrected chi connectivity index (χ1v) is 5.76. The van der Waals surface area contributed by atoms with Gasteiger partial charge in [0, 0.05) is 18.4 Å².